The lowest BCUT2D eigenvalue weighted by Crippen LogP contribution is -2.52. The van der Waals surface area contributed by atoms with Crippen LogP contribution < -0.4 is 5.73 Å². The van der Waals surface area contributed by atoms with Gasteiger partial charge in [-0.05, 0) is 39.3 Å². The number of carbonyl (C=O) groups excluding carboxylic acids is 1. The highest BCUT2D eigenvalue weighted by Gasteiger charge is 2.31. The molecule has 0 bridgehead atoms. The fourth-order valence-corrected chi connectivity index (χ4v) is 2.57. The van der Waals surface area contributed by atoms with Gasteiger partial charge in [-0.2, -0.15) is 0 Å². The SMILES string of the molecule is CCC(C)(N)C(=O)N(C)C(C)c1ccc(C)s1. The summed E-state index contributed by atoms with van der Waals surface area (Å²) < 4.78 is 0. The fourth-order valence-electron chi connectivity index (χ4n) is 1.60. The monoisotopic (exact) mass is 254 g/mol. The van der Waals surface area contributed by atoms with Crippen molar-refractivity contribution in [1.82, 2.24) is 4.90 Å². The molecule has 1 aromatic rings. The number of likely N-dealkylation sites (N-methyl/N-ethyl adjacent to an activating group) is 1. The third kappa shape index (κ3) is 3.07. The van der Waals surface area contributed by atoms with Crippen LogP contribution in [-0.4, -0.2) is 23.4 Å². The predicted octanol–water partition coefficient (Wildman–Crippen LogP) is 2.70. The van der Waals surface area contributed by atoms with Gasteiger partial charge in [0.05, 0.1) is 11.6 Å². The first-order chi connectivity index (χ1) is 7.79. The summed E-state index contributed by atoms with van der Waals surface area (Å²) in [7, 11) is 1.82. The maximum absolute atomic E-state index is 12.2. The van der Waals surface area contributed by atoms with Gasteiger partial charge in [-0.3, -0.25) is 4.79 Å². The van der Waals surface area contributed by atoms with Gasteiger partial charge in [0.1, 0.15) is 0 Å². The number of hydrogen-bond donors (Lipinski definition) is 1. The number of amides is 1. The Hall–Kier alpha value is -0.870. The third-order valence-corrected chi connectivity index (χ3v) is 4.47. The summed E-state index contributed by atoms with van der Waals surface area (Å²) in [5.74, 6) is -0.00134. The van der Waals surface area contributed by atoms with Crippen molar-refractivity contribution in [2.45, 2.75) is 45.7 Å². The summed E-state index contributed by atoms with van der Waals surface area (Å²) in [6, 6.07) is 4.24. The van der Waals surface area contributed by atoms with Crippen molar-refractivity contribution < 1.29 is 4.79 Å². The maximum atomic E-state index is 12.2. The average Bonchev–Trinajstić information content (AvgIpc) is 2.72. The van der Waals surface area contributed by atoms with E-state index in [4.69, 9.17) is 5.73 Å². The van der Waals surface area contributed by atoms with E-state index in [1.807, 2.05) is 20.9 Å². The Morgan fingerprint density at radius 3 is 2.59 bits per heavy atom. The first-order valence-electron chi connectivity index (χ1n) is 5.92. The van der Waals surface area contributed by atoms with E-state index in [0.717, 1.165) is 0 Å². The smallest absolute Gasteiger partial charge is 0.242 e. The molecule has 1 amide bonds. The van der Waals surface area contributed by atoms with Gasteiger partial charge in [0.15, 0.2) is 0 Å². The van der Waals surface area contributed by atoms with Crippen LogP contribution in [0.25, 0.3) is 0 Å². The van der Waals surface area contributed by atoms with Crippen LogP contribution >= 0.6 is 11.3 Å². The standard InChI is InChI=1S/C13H22N2OS/c1-6-13(4,14)12(16)15(5)10(3)11-8-7-9(2)17-11/h7-8,10H,6,14H2,1-5H3. The topological polar surface area (TPSA) is 46.3 Å². The Morgan fingerprint density at radius 2 is 2.18 bits per heavy atom. The van der Waals surface area contributed by atoms with E-state index in [1.165, 1.54) is 9.75 Å². The molecule has 0 radical (unpaired) electrons. The van der Waals surface area contributed by atoms with Crippen molar-refractivity contribution in [3.8, 4) is 0 Å². The van der Waals surface area contributed by atoms with Crippen molar-refractivity contribution in [3.63, 3.8) is 0 Å². The Labute approximate surface area is 108 Å². The van der Waals surface area contributed by atoms with Crippen LogP contribution in [0.15, 0.2) is 12.1 Å². The van der Waals surface area contributed by atoms with Crippen molar-refractivity contribution in [3.05, 3.63) is 21.9 Å². The van der Waals surface area contributed by atoms with E-state index in [-0.39, 0.29) is 11.9 Å². The van der Waals surface area contributed by atoms with Gasteiger partial charge in [0.2, 0.25) is 5.91 Å². The van der Waals surface area contributed by atoms with Crippen molar-refractivity contribution in [2.24, 2.45) is 5.73 Å². The highest BCUT2D eigenvalue weighted by molar-refractivity contribution is 7.12. The normalized spacial score (nSPS) is 16.4. The lowest BCUT2D eigenvalue weighted by Gasteiger charge is -2.32. The summed E-state index contributed by atoms with van der Waals surface area (Å²) in [6.07, 6.45) is 0.645. The molecule has 0 saturated carbocycles. The molecule has 17 heavy (non-hydrogen) atoms. The molecular weight excluding hydrogens is 232 g/mol. The Balaban J connectivity index is 2.83. The van der Waals surface area contributed by atoms with Gasteiger partial charge >= 0.3 is 0 Å². The molecule has 2 atom stereocenters. The number of hydrogen-bond acceptors (Lipinski definition) is 3. The number of rotatable bonds is 4. The summed E-state index contributed by atoms with van der Waals surface area (Å²) in [5.41, 5.74) is 5.23. The number of thiophene rings is 1. The molecule has 1 heterocycles. The van der Waals surface area contributed by atoms with Crippen molar-refractivity contribution in [1.29, 1.82) is 0 Å². The summed E-state index contributed by atoms with van der Waals surface area (Å²) in [6.45, 7) is 7.83. The zero-order valence-electron chi connectivity index (χ0n) is 11.3. The Morgan fingerprint density at radius 1 is 1.59 bits per heavy atom. The molecule has 0 fully saturated rings. The molecule has 1 rings (SSSR count). The second-order valence-corrected chi connectivity index (χ2v) is 6.13. The average molecular weight is 254 g/mol. The second-order valence-electron chi connectivity index (χ2n) is 4.81. The van der Waals surface area contributed by atoms with Crippen LogP contribution in [0, 0.1) is 6.92 Å². The molecule has 3 nitrogen and oxygen atoms in total. The first kappa shape index (κ1) is 14.2. The summed E-state index contributed by atoms with van der Waals surface area (Å²) >= 11 is 1.73. The third-order valence-electron chi connectivity index (χ3n) is 3.30. The van der Waals surface area contributed by atoms with Crippen molar-refractivity contribution in [2.75, 3.05) is 7.05 Å². The lowest BCUT2D eigenvalue weighted by molar-refractivity contribution is -0.137. The quantitative estimate of drug-likeness (QED) is 0.898. The molecule has 2 unspecified atom stereocenters. The molecule has 0 spiro atoms. The zero-order valence-corrected chi connectivity index (χ0v) is 12.1. The van der Waals surface area contributed by atoms with E-state index in [9.17, 15) is 4.79 Å². The minimum absolute atomic E-state index is 0.00134. The number of carbonyl (C=O) groups is 1. The molecule has 0 aliphatic carbocycles. The molecule has 0 saturated heterocycles. The van der Waals surface area contributed by atoms with E-state index in [0.29, 0.717) is 6.42 Å². The van der Waals surface area contributed by atoms with Gasteiger partial charge in [0.25, 0.3) is 0 Å². The lowest BCUT2D eigenvalue weighted by atomic mass is 9.98. The molecule has 4 heteroatoms. The van der Waals surface area contributed by atoms with E-state index < -0.39 is 5.54 Å². The minimum Gasteiger partial charge on any atom is -0.337 e. The molecule has 2 N–H and O–H groups in total. The minimum atomic E-state index is -0.769. The predicted molar refractivity (Wildman–Crippen MR) is 73.1 cm³/mol. The van der Waals surface area contributed by atoms with Gasteiger partial charge in [-0.15, -0.1) is 11.3 Å². The van der Waals surface area contributed by atoms with Crippen LogP contribution in [-0.2, 0) is 4.79 Å². The van der Waals surface area contributed by atoms with Crippen LogP contribution in [0.4, 0.5) is 0 Å². The van der Waals surface area contributed by atoms with E-state index in [2.05, 4.69) is 19.1 Å². The summed E-state index contributed by atoms with van der Waals surface area (Å²) in [5, 5.41) is 0. The van der Waals surface area contributed by atoms with Crippen LogP contribution in [0.1, 0.15) is 43.0 Å². The molecule has 1 aromatic heterocycles. The molecular formula is C13H22N2OS. The van der Waals surface area contributed by atoms with Crippen LogP contribution in [0.5, 0.6) is 0 Å². The molecule has 0 aromatic carbocycles. The van der Waals surface area contributed by atoms with Gasteiger partial charge in [0, 0.05) is 16.8 Å². The van der Waals surface area contributed by atoms with Crippen LogP contribution in [0.2, 0.25) is 0 Å². The first-order valence-corrected chi connectivity index (χ1v) is 6.73. The largest absolute Gasteiger partial charge is 0.337 e. The number of nitrogens with zero attached hydrogens (tertiary/aromatic N) is 1. The highest BCUT2D eigenvalue weighted by Crippen LogP contribution is 2.27. The summed E-state index contributed by atoms with van der Waals surface area (Å²) in [4.78, 5) is 16.4. The molecule has 0 aliphatic heterocycles. The number of aryl methyl sites for hydroxylation is 1. The second kappa shape index (κ2) is 5.19. The number of nitrogens with two attached hydrogens (primary N) is 1. The van der Waals surface area contributed by atoms with Crippen molar-refractivity contribution >= 4 is 17.2 Å². The molecule has 0 aliphatic rings. The zero-order chi connectivity index (χ0) is 13.2. The van der Waals surface area contributed by atoms with E-state index >= 15 is 0 Å². The maximum Gasteiger partial charge on any atom is 0.242 e. The highest BCUT2D eigenvalue weighted by atomic mass is 32.1. The van der Waals surface area contributed by atoms with Gasteiger partial charge < -0.3 is 10.6 Å². The van der Waals surface area contributed by atoms with Gasteiger partial charge in [-0.25, -0.2) is 0 Å². The van der Waals surface area contributed by atoms with Gasteiger partial charge in [-0.1, -0.05) is 6.92 Å². The Kier molecular flexibility index (Phi) is 4.33. The fraction of sp³-hybridized carbons (Fsp3) is 0.615. The van der Waals surface area contributed by atoms with Crippen LogP contribution in [0.3, 0.4) is 0 Å². The van der Waals surface area contributed by atoms with E-state index in [1.54, 1.807) is 23.2 Å². The Bertz CT molecular complexity index is 398. The molecule has 96 valence electrons.